The number of likely N-dealkylation sites (N-methyl/N-ethyl adjacent to an activating group) is 1. The molecule has 0 spiro atoms. The first-order valence-corrected chi connectivity index (χ1v) is 28.5. The van der Waals surface area contributed by atoms with Crippen molar-refractivity contribution in [2.45, 2.75) is 199 Å². The summed E-state index contributed by atoms with van der Waals surface area (Å²) in [6.45, 7) is 4.45. The lowest BCUT2D eigenvalue weighted by atomic mass is 10.0. The number of quaternary nitrogens is 1. The number of aliphatic hydroxyl groups is 1. The fourth-order valence-corrected chi connectivity index (χ4v) is 7.60. The number of carbonyl (C=O) groups is 1. The number of allylic oxidation sites excluding steroid dienone is 21. The molecule has 2 N–H and O–H groups in total. The molecule has 0 saturated carbocycles. The van der Waals surface area contributed by atoms with E-state index in [-0.39, 0.29) is 18.9 Å². The van der Waals surface area contributed by atoms with Crippen molar-refractivity contribution in [2.75, 3.05) is 40.9 Å². The van der Waals surface area contributed by atoms with Gasteiger partial charge in [-0.15, -0.1) is 0 Å². The summed E-state index contributed by atoms with van der Waals surface area (Å²) in [5.41, 5.74) is 0. The smallest absolute Gasteiger partial charge is 0.268 e. The Bertz CT molecular complexity index is 1580. The van der Waals surface area contributed by atoms with Gasteiger partial charge in [-0.25, -0.2) is 0 Å². The molecule has 0 aromatic carbocycles. The Morgan fingerprint density at radius 1 is 0.522 bits per heavy atom. The van der Waals surface area contributed by atoms with Gasteiger partial charge in [0.2, 0.25) is 5.91 Å². The summed E-state index contributed by atoms with van der Waals surface area (Å²) >= 11 is 0. The van der Waals surface area contributed by atoms with Gasteiger partial charge in [-0.05, 0) is 96.3 Å². The Morgan fingerprint density at radius 2 is 0.899 bits per heavy atom. The van der Waals surface area contributed by atoms with Gasteiger partial charge in [-0.1, -0.05) is 218 Å². The summed E-state index contributed by atoms with van der Waals surface area (Å²) in [4.78, 5) is 25.4. The van der Waals surface area contributed by atoms with Crippen LogP contribution in [0.15, 0.2) is 134 Å². The SMILES string of the molecule is CC/C=C\C/C=C\C/C=C\C/C=C\C/C=C\C/C=C\C/C=C\C/C=C\C/C=C\CCCC(=O)NC(COP(=O)([O-])OCC[N+](C)(C)C)C(O)/C=C/CC/C=C/CCCCCCCCCCCCCC. The molecule has 0 fully saturated rings. The van der Waals surface area contributed by atoms with Gasteiger partial charge in [0.15, 0.2) is 0 Å². The third kappa shape index (κ3) is 52.3. The molecule has 0 radical (unpaired) electrons. The van der Waals surface area contributed by atoms with Gasteiger partial charge in [0, 0.05) is 6.42 Å². The molecule has 1 amide bonds. The average molecular weight is 977 g/mol. The minimum absolute atomic E-state index is 0.0251. The van der Waals surface area contributed by atoms with E-state index >= 15 is 0 Å². The monoisotopic (exact) mass is 977 g/mol. The molecule has 0 heterocycles. The molecule has 0 aliphatic rings. The maximum absolute atomic E-state index is 12.9. The average Bonchev–Trinajstić information content (AvgIpc) is 3.31. The summed E-state index contributed by atoms with van der Waals surface area (Å²) in [5.74, 6) is -0.271. The molecule has 0 bridgehead atoms. The molecule has 3 atom stereocenters. The van der Waals surface area contributed by atoms with Crippen molar-refractivity contribution in [1.29, 1.82) is 0 Å². The number of hydrogen-bond donors (Lipinski definition) is 2. The number of amides is 1. The van der Waals surface area contributed by atoms with Gasteiger partial charge < -0.3 is 28.8 Å². The van der Waals surface area contributed by atoms with Crippen LogP contribution < -0.4 is 10.2 Å². The zero-order valence-electron chi connectivity index (χ0n) is 44.5. The standard InChI is InChI=1S/C60H101N2O6P/c1-6-8-10-12-14-16-18-20-22-24-26-27-28-29-30-31-32-33-34-35-36-38-40-42-44-46-48-50-52-54-60(64)61-58(57-68-69(65,66)67-56-55-62(3,4)5)59(63)53-51-49-47-45-43-41-39-37-25-23-21-19-17-15-13-11-9-7-2/h8,10,14,16,20,22,26-27,29-30,32-33,35-36,40,42-43,45-46,48,51,53,58-59,63H,6-7,9,11-13,15,17-19,21,23-25,28,31,34,37-39,41,44,47,49-50,52,54-57H2,1-5H3,(H-,61,64,65,66)/b10-8-,16-14-,22-20-,27-26-,30-29-,33-32-,36-35-,42-40-,45-43+,48-46-,53-51+. The lowest BCUT2D eigenvalue weighted by molar-refractivity contribution is -0.870. The number of carbonyl (C=O) groups excluding carboxylic acids is 1. The van der Waals surface area contributed by atoms with E-state index in [2.05, 4.69) is 141 Å². The second-order valence-corrected chi connectivity index (χ2v) is 20.2. The second kappa shape index (κ2) is 49.6. The second-order valence-electron chi connectivity index (χ2n) is 18.8. The number of nitrogens with zero attached hydrogens (tertiary/aromatic N) is 1. The number of hydrogen-bond acceptors (Lipinski definition) is 6. The summed E-state index contributed by atoms with van der Waals surface area (Å²) < 4.78 is 23.2. The van der Waals surface area contributed by atoms with E-state index in [1.165, 1.54) is 77.0 Å². The van der Waals surface area contributed by atoms with E-state index in [9.17, 15) is 19.4 Å². The van der Waals surface area contributed by atoms with Gasteiger partial charge in [0.25, 0.3) is 7.82 Å². The van der Waals surface area contributed by atoms with Crippen molar-refractivity contribution in [3.05, 3.63) is 134 Å². The molecule has 8 nitrogen and oxygen atoms in total. The molecule has 0 aromatic heterocycles. The predicted molar refractivity (Wildman–Crippen MR) is 297 cm³/mol. The Labute approximate surface area is 424 Å². The van der Waals surface area contributed by atoms with Crippen molar-refractivity contribution < 1.29 is 32.9 Å². The molecule has 0 rings (SSSR count). The summed E-state index contributed by atoms with van der Waals surface area (Å²) in [6.07, 6.45) is 75.3. The molecule has 3 unspecified atom stereocenters. The van der Waals surface area contributed by atoms with E-state index in [0.29, 0.717) is 17.4 Å². The number of unbranched alkanes of at least 4 members (excludes halogenated alkanes) is 14. The predicted octanol–water partition coefficient (Wildman–Crippen LogP) is 15.7. The van der Waals surface area contributed by atoms with E-state index in [1.807, 2.05) is 27.2 Å². The Hall–Kier alpha value is -3.36. The highest BCUT2D eigenvalue weighted by molar-refractivity contribution is 7.45. The number of phosphoric ester groups is 1. The van der Waals surface area contributed by atoms with Crippen LogP contribution in [0.3, 0.4) is 0 Å². The van der Waals surface area contributed by atoms with E-state index < -0.39 is 26.6 Å². The first-order chi connectivity index (χ1) is 33.5. The highest BCUT2D eigenvalue weighted by Crippen LogP contribution is 2.38. The lowest BCUT2D eigenvalue weighted by Gasteiger charge is -2.29. The maximum Gasteiger partial charge on any atom is 0.268 e. The normalized spacial score (nSPS) is 15.1. The minimum Gasteiger partial charge on any atom is -0.756 e. The topological polar surface area (TPSA) is 108 Å². The van der Waals surface area contributed by atoms with Crippen LogP contribution in [0.1, 0.15) is 187 Å². The zero-order valence-corrected chi connectivity index (χ0v) is 45.3. The fourth-order valence-electron chi connectivity index (χ4n) is 6.87. The first kappa shape index (κ1) is 65.6. The highest BCUT2D eigenvalue weighted by Gasteiger charge is 2.23. The van der Waals surface area contributed by atoms with Crippen molar-refractivity contribution >= 4 is 13.7 Å². The summed E-state index contributed by atoms with van der Waals surface area (Å²) in [5, 5.41) is 13.8. The molecular formula is C60H101N2O6P. The minimum atomic E-state index is -4.63. The van der Waals surface area contributed by atoms with Crippen LogP contribution in [0.5, 0.6) is 0 Å². The summed E-state index contributed by atoms with van der Waals surface area (Å²) in [7, 11) is 1.18. The van der Waals surface area contributed by atoms with Crippen molar-refractivity contribution in [1.82, 2.24) is 5.32 Å². The molecule has 0 aliphatic heterocycles. The molecular weight excluding hydrogens is 876 g/mol. The van der Waals surface area contributed by atoms with Crippen molar-refractivity contribution in [2.24, 2.45) is 0 Å². The molecule has 392 valence electrons. The van der Waals surface area contributed by atoms with Crippen LogP contribution in [-0.2, 0) is 18.4 Å². The number of phosphoric acid groups is 1. The zero-order chi connectivity index (χ0) is 50.6. The van der Waals surface area contributed by atoms with Gasteiger partial charge in [0.05, 0.1) is 39.9 Å². The quantitative estimate of drug-likeness (QED) is 0.0272. The van der Waals surface area contributed by atoms with Crippen LogP contribution in [0, 0.1) is 0 Å². The summed E-state index contributed by atoms with van der Waals surface area (Å²) in [6, 6.07) is -0.945. The van der Waals surface area contributed by atoms with E-state index in [4.69, 9.17) is 9.05 Å². The van der Waals surface area contributed by atoms with E-state index in [1.54, 1.807) is 6.08 Å². The molecule has 9 heteroatoms. The number of aliphatic hydroxyl groups excluding tert-OH is 1. The Morgan fingerprint density at radius 3 is 1.35 bits per heavy atom. The third-order valence-electron chi connectivity index (χ3n) is 11.1. The maximum atomic E-state index is 12.9. The van der Waals surface area contributed by atoms with Crippen LogP contribution in [0.4, 0.5) is 0 Å². The number of rotatable bonds is 47. The number of nitrogens with one attached hydrogen (secondary N) is 1. The fraction of sp³-hybridized carbons (Fsp3) is 0.617. The molecule has 0 aromatic rings. The van der Waals surface area contributed by atoms with Crippen LogP contribution in [-0.4, -0.2) is 68.5 Å². The van der Waals surface area contributed by atoms with Gasteiger partial charge in [-0.2, -0.15) is 0 Å². The molecule has 0 aliphatic carbocycles. The largest absolute Gasteiger partial charge is 0.756 e. The van der Waals surface area contributed by atoms with Crippen LogP contribution in [0.25, 0.3) is 0 Å². The van der Waals surface area contributed by atoms with Gasteiger partial charge >= 0.3 is 0 Å². The molecule has 69 heavy (non-hydrogen) atoms. The lowest BCUT2D eigenvalue weighted by Crippen LogP contribution is -2.45. The van der Waals surface area contributed by atoms with Crippen molar-refractivity contribution in [3.8, 4) is 0 Å². The van der Waals surface area contributed by atoms with Gasteiger partial charge in [-0.3, -0.25) is 9.36 Å². The highest BCUT2D eigenvalue weighted by atomic mass is 31.2. The first-order valence-electron chi connectivity index (χ1n) is 27.0. The van der Waals surface area contributed by atoms with Crippen LogP contribution >= 0.6 is 7.82 Å². The van der Waals surface area contributed by atoms with Crippen molar-refractivity contribution in [3.63, 3.8) is 0 Å². The van der Waals surface area contributed by atoms with Crippen LogP contribution in [0.2, 0.25) is 0 Å². The van der Waals surface area contributed by atoms with Gasteiger partial charge in [0.1, 0.15) is 13.2 Å². The molecule has 0 saturated heterocycles. The Balaban J connectivity index is 4.46. The third-order valence-corrected chi connectivity index (χ3v) is 12.1. The van der Waals surface area contributed by atoms with E-state index in [0.717, 1.165) is 83.5 Å². The Kier molecular flexibility index (Phi) is 47.2.